The summed E-state index contributed by atoms with van der Waals surface area (Å²) in [6.07, 6.45) is 4.42. The Kier molecular flexibility index (Phi) is 4.01. The summed E-state index contributed by atoms with van der Waals surface area (Å²) >= 11 is 0. The number of nitrogens with one attached hydrogen (secondary N) is 2. The maximum Gasteiger partial charge on any atom is 0.329 e. The number of hydrogen-bond donors (Lipinski definition) is 3. The third-order valence-electron chi connectivity index (χ3n) is 2.63. The lowest BCUT2D eigenvalue weighted by Crippen LogP contribution is -2.14. The fourth-order valence-corrected chi connectivity index (χ4v) is 1.61. The minimum atomic E-state index is -0.557. The monoisotopic (exact) mass is 275 g/mol. The van der Waals surface area contributed by atoms with Crippen LogP contribution in [-0.4, -0.2) is 19.9 Å². The molecule has 0 bridgehead atoms. The van der Waals surface area contributed by atoms with Crippen molar-refractivity contribution in [2.24, 2.45) is 5.84 Å². The number of anilines is 2. The van der Waals surface area contributed by atoms with Crippen LogP contribution >= 0.6 is 0 Å². The Hall–Kier alpha value is -2.81. The van der Waals surface area contributed by atoms with E-state index in [4.69, 9.17) is 5.84 Å². The van der Waals surface area contributed by atoms with Gasteiger partial charge in [0.1, 0.15) is 6.20 Å². The molecule has 4 N–H and O–H groups in total. The van der Waals surface area contributed by atoms with E-state index >= 15 is 0 Å². The molecule has 9 nitrogen and oxygen atoms in total. The molecule has 0 aliphatic rings. The molecule has 2 aromatic heterocycles. The highest BCUT2D eigenvalue weighted by Gasteiger charge is 2.19. The summed E-state index contributed by atoms with van der Waals surface area (Å²) in [4.78, 5) is 22.1. The van der Waals surface area contributed by atoms with Gasteiger partial charge in [-0.2, -0.15) is 4.98 Å². The number of nitrogens with zero attached hydrogens (tertiary/aromatic N) is 4. The van der Waals surface area contributed by atoms with E-state index in [0.29, 0.717) is 0 Å². The molecule has 104 valence electrons. The molecule has 9 heteroatoms. The summed E-state index contributed by atoms with van der Waals surface area (Å²) in [5.41, 5.74) is 2.90. The molecule has 2 rings (SSSR count). The molecule has 0 spiro atoms. The summed E-state index contributed by atoms with van der Waals surface area (Å²) in [6, 6.07) is 3.44. The largest absolute Gasteiger partial charge is 0.358 e. The second-order valence-electron chi connectivity index (χ2n) is 3.98. The SMILES string of the molecule is CC(Nc1nc(NN)ncc1[N+](=O)[O-])c1cccnc1. The van der Waals surface area contributed by atoms with Crippen molar-refractivity contribution in [2.75, 3.05) is 10.7 Å². The van der Waals surface area contributed by atoms with Crippen LogP contribution in [0.3, 0.4) is 0 Å². The molecular weight excluding hydrogens is 262 g/mol. The maximum atomic E-state index is 11.0. The lowest BCUT2D eigenvalue weighted by atomic mass is 10.1. The van der Waals surface area contributed by atoms with Gasteiger partial charge in [-0.1, -0.05) is 6.07 Å². The number of hydrazine groups is 1. The highest BCUT2D eigenvalue weighted by molar-refractivity contribution is 5.57. The minimum Gasteiger partial charge on any atom is -0.358 e. The normalized spacial score (nSPS) is 11.7. The van der Waals surface area contributed by atoms with Crippen LogP contribution in [0.4, 0.5) is 17.5 Å². The molecule has 0 aliphatic carbocycles. The first-order valence-electron chi connectivity index (χ1n) is 5.76. The molecule has 0 saturated carbocycles. The van der Waals surface area contributed by atoms with Crippen molar-refractivity contribution in [1.82, 2.24) is 15.0 Å². The van der Waals surface area contributed by atoms with Crippen molar-refractivity contribution in [3.63, 3.8) is 0 Å². The highest BCUT2D eigenvalue weighted by atomic mass is 16.6. The van der Waals surface area contributed by atoms with Gasteiger partial charge < -0.3 is 5.32 Å². The molecule has 1 unspecified atom stereocenters. The Morgan fingerprint density at radius 1 is 1.45 bits per heavy atom. The third kappa shape index (κ3) is 2.95. The third-order valence-corrected chi connectivity index (χ3v) is 2.63. The van der Waals surface area contributed by atoms with Crippen LogP contribution < -0.4 is 16.6 Å². The van der Waals surface area contributed by atoms with E-state index in [1.54, 1.807) is 18.5 Å². The zero-order valence-electron chi connectivity index (χ0n) is 10.6. The maximum absolute atomic E-state index is 11.0. The van der Waals surface area contributed by atoms with Crippen LogP contribution in [0, 0.1) is 10.1 Å². The number of aromatic nitrogens is 3. The second kappa shape index (κ2) is 5.89. The summed E-state index contributed by atoms with van der Waals surface area (Å²) in [5, 5.41) is 13.9. The number of nitrogen functional groups attached to an aromatic ring is 1. The van der Waals surface area contributed by atoms with Crippen molar-refractivity contribution >= 4 is 17.5 Å². The van der Waals surface area contributed by atoms with E-state index in [2.05, 4.69) is 25.7 Å². The predicted molar refractivity (Wildman–Crippen MR) is 72.8 cm³/mol. The van der Waals surface area contributed by atoms with E-state index in [-0.39, 0.29) is 23.5 Å². The molecule has 20 heavy (non-hydrogen) atoms. The van der Waals surface area contributed by atoms with E-state index in [1.165, 1.54) is 0 Å². The van der Waals surface area contributed by atoms with Crippen LogP contribution in [0.1, 0.15) is 18.5 Å². The molecule has 2 aromatic rings. The van der Waals surface area contributed by atoms with Gasteiger partial charge in [-0.05, 0) is 18.6 Å². The van der Waals surface area contributed by atoms with Crippen LogP contribution in [0.15, 0.2) is 30.7 Å². The van der Waals surface area contributed by atoms with Gasteiger partial charge in [0.2, 0.25) is 11.8 Å². The molecular formula is C11H13N7O2. The summed E-state index contributed by atoms with van der Waals surface area (Å²) in [5.74, 6) is 5.39. The molecule has 0 fully saturated rings. The molecule has 0 amide bonds. The smallest absolute Gasteiger partial charge is 0.329 e. The fourth-order valence-electron chi connectivity index (χ4n) is 1.61. The quantitative estimate of drug-likeness (QED) is 0.421. The Balaban J connectivity index is 2.29. The van der Waals surface area contributed by atoms with Gasteiger partial charge in [-0.25, -0.2) is 10.8 Å². The fraction of sp³-hybridized carbons (Fsp3) is 0.182. The molecule has 0 aromatic carbocycles. The average Bonchev–Trinajstić information content (AvgIpc) is 2.47. The van der Waals surface area contributed by atoms with Gasteiger partial charge in [0.15, 0.2) is 0 Å². The lowest BCUT2D eigenvalue weighted by molar-refractivity contribution is -0.384. The van der Waals surface area contributed by atoms with Gasteiger partial charge >= 0.3 is 5.69 Å². The summed E-state index contributed by atoms with van der Waals surface area (Å²) < 4.78 is 0. The van der Waals surface area contributed by atoms with E-state index < -0.39 is 4.92 Å². The molecule has 0 saturated heterocycles. The van der Waals surface area contributed by atoms with Gasteiger partial charge in [-0.15, -0.1) is 0 Å². The molecule has 0 aliphatic heterocycles. The number of nitrogens with two attached hydrogens (primary N) is 1. The van der Waals surface area contributed by atoms with E-state index in [9.17, 15) is 10.1 Å². The standard InChI is InChI=1S/C11H13N7O2/c1-7(8-3-2-4-13-5-8)15-10-9(18(19)20)6-14-11(16-10)17-12/h2-7H,12H2,1H3,(H2,14,15,16,17). The Bertz CT molecular complexity index is 605. The van der Waals surface area contributed by atoms with Crippen LogP contribution in [-0.2, 0) is 0 Å². The Morgan fingerprint density at radius 3 is 2.85 bits per heavy atom. The van der Waals surface area contributed by atoms with Crippen LogP contribution in [0.25, 0.3) is 0 Å². The first-order chi connectivity index (χ1) is 9.61. The topological polar surface area (TPSA) is 132 Å². The van der Waals surface area contributed by atoms with Gasteiger partial charge in [0.05, 0.1) is 11.0 Å². The number of nitro groups is 1. The second-order valence-corrected chi connectivity index (χ2v) is 3.98. The van der Waals surface area contributed by atoms with Crippen molar-refractivity contribution in [3.8, 4) is 0 Å². The average molecular weight is 275 g/mol. The first kappa shape index (κ1) is 13.6. The summed E-state index contributed by atoms with van der Waals surface area (Å²) in [6.45, 7) is 1.85. The molecule has 0 radical (unpaired) electrons. The number of rotatable bonds is 5. The Labute approximate surface area is 114 Å². The predicted octanol–water partition coefficient (Wildman–Crippen LogP) is 1.24. The highest BCUT2D eigenvalue weighted by Crippen LogP contribution is 2.25. The van der Waals surface area contributed by atoms with Gasteiger partial charge in [0.25, 0.3) is 0 Å². The lowest BCUT2D eigenvalue weighted by Gasteiger charge is -2.14. The van der Waals surface area contributed by atoms with E-state index in [0.717, 1.165) is 11.8 Å². The van der Waals surface area contributed by atoms with E-state index in [1.807, 2.05) is 13.0 Å². The van der Waals surface area contributed by atoms with Crippen LogP contribution in [0.5, 0.6) is 0 Å². The van der Waals surface area contributed by atoms with Crippen molar-refractivity contribution < 1.29 is 4.92 Å². The van der Waals surface area contributed by atoms with Crippen LogP contribution in [0.2, 0.25) is 0 Å². The van der Waals surface area contributed by atoms with Crippen molar-refractivity contribution in [1.29, 1.82) is 0 Å². The first-order valence-corrected chi connectivity index (χ1v) is 5.76. The van der Waals surface area contributed by atoms with Gasteiger partial charge in [0, 0.05) is 12.4 Å². The Morgan fingerprint density at radius 2 is 2.25 bits per heavy atom. The zero-order valence-corrected chi connectivity index (χ0v) is 10.6. The van der Waals surface area contributed by atoms with Gasteiger partial charge in [-0.3, -0.25) is 20.5 Å². The summed E-state index contributed by atoms with van der Waals surface area (Å²) in [7, 11) is 0. The number of hydrogen-bond acceptors (Lipinski definition) is 8. The van der Waals surface area contributed by atoms with Crippen molar-refractivity contribution in [3.05, 3.63) is 46.4 Å². The van der Waals surface area contributed by atoms with Crippen molar-refractivity contribution in [2.45, 2.75) is 13.0 Å². The molecule has 1 atom stereocenters. The zero-order chi connectivity index (χ0) is 14.5. The minimum absolute atomic E-state index is 0.0919. The number of pyridine rings is 1. The molecule has 2 heterocycles.